The minimum atomic E-state index is -0.196. The molecule has 4 heteroatoms. The summed E-state index contributed by atoms with van der Waals surface area (Å²) >= 11 is 0. The van der Waals surface area contributed by atoms with Crippen molar-refractivity contribution in [2.45, 2.75) is 27.7 Å². The largest absolute Gasteiger partial charge is 0.484 e. The molecule has 0 unspecified atom stereocenters. The Labute approximate surface area is 166 Å². The Bertz CT molecular complexity index is 957. The standard InChI is InChI=1S/C24H25NO3/c1-16-11-17(2)13-23(12-16)28-22-9-7-21(8-10-22)27-15-24(26)25-20-6-5-18(3)19(4)14-20/h5-14H,15H2,1-4H3,(H,25,26). The fourth-order valence-electron chi connectivity index (χ4n) is 2.90. The van der Waals surface area contributed by atoms with Gasteiger partial charge in [0, 0.05) is 5.69 Å². The second-order valence-corrected chi connectivity index (χ2v) is 7.03. The number of carbonyl (C=O) groups is 1. The summed E-state index contributed by atoms with van der Waals surface area (Å²) < 4.78 is 11.5. The molecular weight excluding hydrogens is 350 g/mol. The first kappa shape index (κ1) is 19.5. The lowest BCUT2D eigenvalue weighted by Gasteiger charge is -2.10. The summed E-state index contributed by atoms with van der Waals surface area (Å²) in [6.45, 7) is 8.09. The first-order valence-corrected chi connectivity index (χ1v) is 9.25. The molecule has 3 rings (SSSR count). The van der Waals surface area contributed by atoms with Crippen LogP contribution in [-0.2, 0) is 4.79 Å². The van der Waals surface area contributed by atoms with E-state index in [0.29, 0.717) is 5.75 Å². The monoisotopic (exact) mass is 375 g/mol. The Kier molecular flexibility index (Phi) is 5.99. The number of aryl methyl sites for hydroxylation is 4. The molecule has 0 spiro atoms. The van der Waals surface area contributed by atoms with Crippen LogP contribution in [0, 0.1) is 27.7 Å². The first-order valence-electron chi connectivity index (χ1n) is 9.25. The molecule has 144 valence electrons. The van der Waals surface area contributed by atoms with Gasteiger partial charge in [0.2, 0.25) is 0 Å². The normalized spacial score (nSPS) is 10.4. The summed E-state index contributed by atoms with van der Waals surface area (Å²) in [4.78, 5) is 12.1. The summed E-state index contributed by atoms with van der Waals surface area (Å²) in [6, 6.07) is 19.2. The van der Waals surface area contributed by atoms with Gasteiger partial charge in [-0.25, -0.2) is 0 Å². The molecule has 1 N–H and O–H groups in total. The lowest BCUT2D eigenvalue weighted by atomic mass is 10.1. The Morgan fingerprint density at radius 3 is 2.04 bits per heavy atom. The van der Waals surface area contributed by atoms with Gasteiger partial charge in [-0.1, -0.05) is 12.1 Å². The van der Waals surface area contributed by atoms with E-state index >= 15 is 0 Å². The maximum Gasteiger partial charge on any atom is 0.262 e. The molecule has 0 bridgehead atoms. The number of anilines is 1. The summed E-state index contributed by atoms with van der Waals surface area (Å²) in [5.74, 6) is 1.94. The van der Waals surface area contributed by atoms with E-state index in [4.69, 9.17) is 9.47 Å². The summed E-state index contributed by atoms with van der Waals surface area (Å²) in [7, 11) is 0. The number of benzene rings is 3. The van der Waals surface area contributed by atoms with E-state index in [0.717, 1.165) is 33.9 Å². The van der Waals surface area contributed by atoms with Gasteiger partial charge >= 0.3 is 0 Å². The van der Waals surface area contributed by atoms with E-state index in [1.54, 1.807) is 12.1 Å². The van der Waals surface area contributed by atoms with Crippen LogP contribution < -0.4 is 14.8 Å². The third-order valence-corrected chi connectivity index (χ3v) is 4.42. The van der Waals surface area contributed by atoms with Crippen LogP contribution >= 0.6 is 0 Å². The molecule has 0 aromatic heterocycles. The molecular formula is C24H25NO3. The van der Waals surface area contributed by atoms with Crippen LogP contribution in [-0.4, -0.2) is 12.5 Å². The quantitative estimate of drug-likeness (QED) is 0.598. The Balaban J connectivity index is 1.53. The van der Waals surface area contributed by atoms with Crippen molar-refractivity contribution in [1.82, 2.24) is 0 Å². The molecule has 4 nitrogen and oxygen atoms in total. The molecule has 28 heavy (non-hydrogen) atoms. The van der Waals surface area contributed by atoms with Crippen LogP contribution in [0.25, 0.3) is 0 Å². The molecule has 0 atom stereocenters. The molecule has 0 aliphatic heterocycles. The zero-order valence-electron chi connectivity index (χ0n) is 16.7. The number of ether oxygens (including phenoxy) is 2. The van der Waals surface area contributed by atoms with Crippen molar-refractivity contribution in [1.29, 1.82) is 0 Å². The van der Waals surface area contributed by atoms with E-state index in [-0.39, 0.29) is 12.5 Å². The summed E-state index contributed by atoms with van der Waals surface area (Å²) in [5, 5.41) is 2.85. The number of hydrogen-bond donors (Lipinski definition) is 1. The zero-order valence-corrected chi connectivity index (χ0v) is 16.7. The lowest BCUT2D eigenvalue weighted by Crippen LogP contribution is -2.20. The van der Waals surface area contributed by atoms with Crippen molar-refractivity contribution in [2.75, 3.05) is 11.9 Å². The molecule has 1 amide bonds. The number of amides is 1. The molecule has 0 aliphatic rings. The van der Waals surface area contributed by atoms with Crippen molar-refractivity contribution in [3.05, 3.63) is 82.9 Å². The second kappa shape index (κ2) is 8.61. The highest BCUT2D eigenvalue weighted by Crippen LogP contribution is 2.25. The Morgan fingerprint density at radius 1 is 0.750 bits per heavy atom. The van der Waals surface area contributed by atoms with Crippen LogP contribution in [0.3, 0.4) is 0 Å². The fraction of sp³-hybridized carbons (Fsp3) is 0.208. The third-order valence-electron chi connectivity index (χ3n) is 4.42. The van der Waals surface area contributed by atoms with Gasteiger partial charge in [0.25, 0.3) is 5.91 Å². The summed E-state index contributed by atoms with van der Waals surface area (Å²) in [5.41, 5.74) is 5.42. The van der Waals surface area contributed by atoms with Crippen LogP contribution in [0.1, 0.15) is 22.3 Å². The maximum absolute atomic E-state index is 12.1. The number of hydrogen-bond acceptors (Lipinski definition) is 3. The average Bonchev–Trinajstić information content (AvgIpc) is 2.63. The highest BCUT2D eigenvalue weighted by molar-refractivity contribution is 5.92. The van der Waals surface area contributed by atoms with Gasteiger partial charge in [0.05, 0.1) is 0 Å². The third kappa shape index (κ3) is 5.36. The van der Waals surface area contributed by atoms with E-state index in [9.17, 15) is 4.79 Å². The van der Waals surface area contributed by atoms with Crippen LogP contribution in [0.2, 0.25) is 0 Å². The lowest BCUT2D eigenvalue weighted by molar-refractivity contribution is -0.118. The molecule has 0 saturated carbocycles. The number of rotatable bonds is 6. The maximum atomic E-state index is 12.1. The molecule has 0 heterocycles. The SMILES string of the molecule is Cc1cc(C)cc(Oc2ccc(OCC(=O)Nc3ccc(C)c(C)c3)cc2)c1. The summed E-state index contributed by atoms with van der Waals surface area (Å²) in [6.07, 6.45) is 0. The zero-order chi connectivity index (χ0) is 20.1. The fourth-order valence-corrected chi connectivity index (χ4v) is 2.90. The Morgan fingerprint density at radius 2 is 1.39 bits per heavy atom. The highest BCUT2D eigenvalue weighted by atomic mass is 16.5. The van der Waals surface area contributed by atoms with Gasteiger partial charge < -0.3 is 14.8 Å². The minimum Gasteiger partial charge on any atom is -0.484 e. The number of carbonyl (C=O) groups excluding carboxylic acids is 1. The van der Waals surface area contributed by atoms with Gasteiger partial charge in [-0.2, -0.15) is 0 Å². The number of nitrogens with one attached hydrogen (secondary N) is 1. The molecule has 3 aromatic rings. The first-order chi connectivity index (χ1) is 13.4. The Hall–Kier alpha value is -3.27. The van der Waals surface area contributed by atoms with Gasteiger partial charge in [-0.05, 0) is 98.5 Å². The highest BCUT2D eigenvalue weighted by Gasteiger charge is 2.06. The van der Waals surface area contributed by atoms with Gasteiger partial charge in [0.1, 0.15) is 17.2 Å². The van der Waals surface area contributed by atoms with Crippen LogP contribution in [0.15, 0.2) is 60.7 Å². The van der Waals surface area contributed by atoms with E-state index in [1.807, 2.05) is 70.2 Å². The van der Waals surface area contributed by atoms with Crippen LogP contribution in [0.4, 0.5) is 5.69 Å². The molecule has 0 fully saturated rings. The van der Waals surface area contributed by atoms with Crippen molar-refractivity contribution < 1.29 is 14.3 Å². The predicted octanol–water partition coefficient (Wildman–Crippen LogP) is 5.73. The van der Waals surface area contributed by atoms with Gasteiger partial charge in [-0.3, -0.25) is 4.79 Å². The van der Waals surface area contributed by atoms with E-state index in [1.165, 1.54) is 5.56 Å². The van der Waals surface area contributed by atoms with Crippen molar-refractivity contribution in [3.8, 4) is 17.2 Å². The molecule has 0 radical (unpaired) electrons. The van der Waals surface area contributed by atoms with E-state index < -0.39 is 0 Å². The molecule has 0 aliphatic carbocycles. The average molecular weight is 375 g/mol. The smallest absolute Gasteiger partial charge is 0.262 e. The molecule has 3 aromatic carbocycles. The second-order valence-electron chi connectivity index (χ2n) is 7.03. The van der Waals surface area contributed by atoms with Crippen molar-refractivity contribution in [2.24, 2.45) is 0 Å². The van der Waals surface area contributed by atoms with Crippen molar-refractivity contribution >= 4 is 11.6 Å². The minimum absolute atomic E-state index is 0.0514. The predicted molar refractivity (Wildman–Crippen MR) is 112 cm³/mol. The van der Waals surface area contributed by atoms with Crippen molar-refractivity contribution in [3.63, 3.8) is 0 Å². The molecule has 0 saturated heterocycles. The van der Waals surface area contributed by atoms with Gasteiger partial charge in [0.15, 0.2) is 6.61 Å². The van der Waals surface area contributed by atoms with Crippen LogP contribution in [0.5, 0.6) is 17.2 Å². The van der Waals surface area contributed by atoms with E-state index in [2.05, 4.69) is 11.4 Å². The topological polar surface area (TPSA) is 47.6 Å². The van der Waals surface area contributed by atoms with Gasteiger partial charge in [-0.15, -0.1) is 0 Å².